The van der Waals surface area contributed by atoms with Gasteiger partial charge in [-0.05, 0) is 66.4 Å². The Morgan fingerprint density at radius 3 is 2.52 bits per heavy atom. The largest absolute Gasteiger partial charge is 0.315 e. The molecule has 3 heteroatoms. The molecular formula is C28H22N2S. The van der Waals surface area contributed by atoms with Gasteiger partial charge in [0.25, 0.3) is 0 Å². The molecule has 3 aromatic heterocycles. The predicted molar refractivity (Wildman–Crippen MR) is 132 cm³/mol. The summed E-state index contributed by atoms with van der Waals surface area (Å²) < 4.78 is 2.34. The summed E-state index contributed by atoms with van der Waals surface area (Å²) in [5.74, 6) is 0. The molecule has 2 nitrogen and oxygen atoms in total. The van der Waals surface area contributed by atoms with E-state index in [-0.39, 0.29) is 0 Å². The van der Waals surface area contributed by atoms with Gasteiger partial charge in [0, 0.05) is 28.6 Å². The molecule has 0 N–H and O–H groups in total. The van der Waals surface area contributed by atoms with Crippen LogP contribution in [0.2, 0.25) is 0 Å². The molecule has 0 amide bonds. The molecule has 0 saturated heterocycles. The molecule has 6 rings (SSSR count). The third kappa shape index (κ3) is 2.96. The number of aromatic nitrogens is 1. The third-order valence-corrected chi connectivity index (χ3v) is 7.28. The second-order valence-corrected chi connectivity index (χ2v) is 9.29. The van der Waals surface area contributed by atoms with Crippen molar-refractivity contribution in [2.75, 3.05) is 0 Å². The van der Waals surface area contributed by atoms with Crippen LogP contribution in [0, 0.1) is 13.8 Å². The lowest BCUT2D eigenvalue weighted by Crippen LogP contribution is -1.96. The maximum Gasteiger partial charge on any atom is 0.0710 e. The summed E-state index contributed by atoms with van der Waals surface area (Å²) in [5.41, 5.74) is 11.3. The highest BCUT2D eigenvalue weighted by molar-refractivity contribution is 7.17. The van der Waals surface area contributed by atoms with Gasteiger partial charge in [0.15, 0.2) is 0 Å². The maximum atomic E-state index is 4.96. The van der Waals surface area contributed by atoms with Crippen molar-refractivity contribution in [3.63, 3.8) is 0 Å². The fraction of sp³-hybridized carbons (Fsp3) is 0.107. The Balaban J connectivity index is 1.50. The topological polar surface area (TPSA) is 16.8 Å². The Morgan fingerprint density at radius 2 is 1.65 bits per heavy atom. The Bertz CT molecular complexity index is 1470. The van der Waals surface area contributed by atoms with Gasteiger partial charge in [-0.15, -0.1) is 11.3 Å². The van der Waals surface area contributed by atoms with Gasteiger partial charge in [0.2, 0.25) is 0 Å². The Labute approximate surface area is 186 Å². The number of pyridine rings is 1. The summed E-state index contributed by atoms with van der Waals surface area (Å²) in [4.78, 5) is 7.49. The summed E-state index contributed by atoms with van der Waals surface area (Å²) in [5, 5.41) is 0. The van der Waals surface area contributed by atoms with Crippen LogP contribution in [0.1, 0.15) is 21.6 Å². The monoisotopic (exact) mass is 418 g/mol. The van der Waals surface area contributed by atoms with Crippen LogP contribution in [-0.2, 0) is 6.42 Å². The van der Waals surface area contributed by atoms with Crippen LogP contribution >= 0.6 is 11.3 Å². The van der Waals surface area contributed by atoms with E-state index in [0.717, 1.165) is 12.1 Å². The average Bonchev–Trinajstić information content (AvgIpc) is 3.50. The van der Waals surface area contributed by atoms with Gasteiger partial charge in [-0.25, -0.2) is 0 Å². The van der Waals surface area contributed by atoms with Gasteiger partial charge in [-0.2, -0.15) is 0 Å². The number of nitrogens with zero attached hydrogens (tertiary/aromatic N) is 2. The summed E-state index contributed by atoms with van der Waals surface area (Å²) in [6.45, 7) is 4.36. The molecule has 4 heterocycles. The lowest BCUT2D eigenvalue weighted by Gasteiger charge is -2.06. The number of thiophene rings is 1. The number of hydrogen-bond acceptors (Lipinski definition) is 2. The molecule has 5 aromatic rings. The normalized spacial score (nSPS) is 12.9. The molecule has 0 aliphatic carbocycles. The fourth-order valence-corrected chi connectivity index (χ4v) is 5.67. The van der Waals surface area contributed by atoms with Crippen LogP contribution < -0.4 is 0 Å². The molecule has 0 radical (unpaired) electrons. The average molecular weight is 419 g/mol. The Hall–Kier alpha value is -3.43. The van der Waals surface area contributed by atoms with Gasteiger partial charge in [-0.1, -0.05) is 48.5 Å². The first-order valence-electron chi connectivity index (χ1n) is 10.6. The van der Waals surface area contributed by atoms with Crippen LogP contribution in [0.3, 0.4) is 0 Å². The maximum absolute atomic E-state index is 4.96. The number of benzene rings is 2. The molecule has 0 unspecified atom stereocenters. The highest BCUT2D eigenvalue weighted by atomic mass is 32.1. The van der Waals surface area contributed by atoms with Crippen LogP contribution in [0.15, 0.2) is 90.1 Å². The van der Waals surface area contributed by atoms with Crippen LogP contribution in [0.5, 0.6) is 0 Å². The minimum Gasteiger partial charge on any atom is -0.315 e. The van der Waals surface area contributed by atoms with Crippen LogP contribution in [0.25, 0.3) is 27.2 Å². The van der Waals surface area contributed by atoms with E-state index in [1.165, 1.54) is 54.5 Å². The van der Waals surface area contributed by atoms with Crippen molar-refractivity contribution in [1.29, 1.82) is 0 Å². The zero-order valence-corrected chi connectivity index (χ0v) is 18.4. The number of aryl methyl sites for hydroxylation is 2. The molecule has 0 spiro atoms. The standard InChI is InChI=1S/C28H22N2S/c1-18-11-12-21-17-23(29-22(21)16-18)25-13-14-26(31-25)28-27(20-8-4-3-5-9-20)19(2)24-10-6-7-15-30(24)28/h3-16H,17H2,1-2H3. The van der Waals surface area contributed by atoms with E-state index >= 15 is 0 Å². The molecule has 1 aliphatic heterocycles. The van der Waals surface area contributed by atoms with E-state index in [1.807, 2.05) is 11.3 Å². The molecule has 0 atom stereocenters. The number of rotatable bonds is 3. The minimum absolute atomic E-state index is 0.912. The van der Waals surface area contributed by atoms with E-state index in [2.05, 4.69) is 103 Å². The summed E-state index contributed by atoms with van der Waals surface area (Å²) in [6, 6.07) is 28.3. The highest BCUT2D eigenvalue weighted by Crippen LogP contribution is 2.42. The quantitative estimate of drug-likeness (QED) is 0.286. The molecule has 150 valence electrons. The zero-order chi connectivity index (χ0) is 20.9. The zero-order valence-electron chi connectivity index (χ0n) is 17.6. The van der Waals surface area contributed by atoms with Crippen LogP contribution in [-0.4, -0.2) is 10.1 Å². The van der Waals surface area contributed by atoms with E-state index in [4.69, 9.17) is 4.99 Å². The van der Waals surface area contributed by atoms with Gasteiger partial charge >= 0.3 is 0 Å². The van der Waals surface area contributed by atoms with Crippen molar-refractivity contribution >= 4 is 28.3 Å². The van der Waals surface area contributed by atoms with E-state index in [1.54, 1.807) is 0 Å². The smallest absolute Gasteiger partial charge is 0.0710 e. The first-order valence-corrected chi connectivity index (χ1v) is 11.4. The first-order chi connectivity index (χ1) is 15.2. The minimum atomic E-state index is 0.912. The van der Waals surface area contributed by atoms with E-state index in [9.17, 15) is 0 Å². The predicted octanol–water partition coefficient (Wildman–Crippen LogP) is 7.63. The lowest BCUT2D eigenvalue weighted by atomic mass is 10.0. The molecule has 2 aromatic carbocycles. The van der Waals surface area contributed by atoms with E-state index < -0.39 is 0 Å². The second kappa shape index (κ2) is 7.07. The Kier molecular flexibility index (Phi) is 4.18. The molecule has 31 heavy (non-hydrogen) atoms. The number of aliphatic imine (C=N–C) groups is 1. The molecule has 0 bridgehead atoms. The van der Waals surface area contributed by atoms with Crippen molar-refractivity contribution in [3.05, 3.63) is 107 Å². The van der Waals surface area contributed by atoms with Crippen LogP contribution in [0.4, 0.5) is 5.69 Å². The Morgan fingerprint density at radius 1 is 0.839 bits per heavy atom. The van der Waals surface area contributed by atoms with Crippen molar-refractivity contribution in [3.8, 4) is 21.7 Å². The summed E-state index contributed by atoms with van der Waals surface area (Å²) in [7, 11) is 0. The third-order valence-electron chi connectivity index (χ3n) is 6.14. The fourth-order valence-electron chi connectivity index (χ4n) is 4.63. The lowest BCUT2D eigenvalue weighted by molar-refractivity contribution is 1.21. The summed E-state index contributed by atoms with van der Waals surface area (Å²) >= 11 is 1.84. The highest BCUT2D eigenvalue weighted by Gasteiger charge is 2.22. The molecule has 0 saturated carbocycles. The molecular weight excluding hydrogens is 396 g/mol. The van der Waals surface area contributed by atoms with Crippen molar-refractivity contribution < 1.29 is 0 Å². The van der Waals surface area contributed by atoms with Gasteiger partial charge < -0.3 is 4.40 Å². The first kappa shape index (κ1) is 18.3. The van der Waals surface area contributed by atoms with Crippen molar-refractivity contribution in [2.24, 2.45) is 4.99 Å². The van der Waals surface area contributed by atoms with Gasteiger partial charge in [0.1, 0.15) is 0 Å². The number of hydrogen-bond donors (Lipinski definition) is 0. The van der Waals surface area contributed by atoms with E-state index in [0.29, 0.717) is 0 Å². The second-order valence-electron chi connectivity index (χ2n) is 8.20. The SMILES string of the molecule is Cc1ccc2c(c1)N=C(c1ccc(-c3c(-c4ccccc4)c(C)c4ccccn34)s1)C2. The molecule has 1 aliphatic rings. The number of fused-ring (bicyclic) bond motifs is 2. The van der Waals surface area contributed by atoms with Gasteiger partial charge in [-0.3, -0.25) is 4.99 Å². The molecule has 0 fully saturated rings. The van der Waals surface area contributed by atoms with Gasteiger partial charge in [0.05, 0.1) is 22.0 Å². The van der Waals surface area contributed by atoms with Crippen molar-refractivity contribution in [2.45, 2.75) is 20.3 Å². The summed E-state index contributed by atoms with van der Waals surface area (Å²) in [6.07, 6.45) is 3.09. The van der Waals surface area contributed by atoms with Crippen molar-refractivity contribution in [1.82, 2.24) is 4.40 Å².